The Labute approximate surface area is 139 Å². The lowest BCUT2D eigenvalue weighted by Gasteiger charge is -2.09. The minimum atomic E-state index is -0.933. The van der Waals surface area contributed by atoms with Crippen molar-refractivity contribution in [3.8, 4) is 0 Å². The number of anilines is 4. The first kappa shape index (κ1) is 15.4. The maximum Gasteiger partial charge on any atom is 0.229 e. The van der Waals surface area contributed by atoms with E-state index >= 15 is 0 Å². The number of nitrogens with one attached hydrogen (secondary N) is 2. The van der Waals surface area contributed by atoms with Gasteiger partial charge >= 0.3 is 0 Å². The number of para-hydroxylation sites is 1. The van der Waals surface area contributed by atoms with Gasteiger partial charge in [-0.15, -0.1) is 0 Å². The third-order valence-corrected chi connectivity index (χ3v) is 3.66. The van der Waals surface area contributed by atoms with Gasteiger partial charge in [0.15, 0.2) is 11.6 Å². The van der Waals surface area contributed by atoms with Gasteiger partial charge in [0.25, 0.3) is 0 Å². The average molecular weight is 377 g/mol. The van der Waals surface area contributed by atoms with Gasteiger partial charge in [0.05, 0.1) is 5.69 Å². The molecule has 1 heterocycles. The van der Waals surface area contributed by atoms with Gasteiger partial charge in [-0.25, -0.2) is 13.8 Å². The molecule has 7 heteroatoms. The fraction of sp³-hybridized carbons (Fsp3) is 0. The molecule has 0 aliphatic heterocycles. The van der Waals surface area contributed by atoms with E-state index in [1.54, 1.807) is 12.3 Å². The summed E-state index contributed by atoms with van der Waals surface area (Å²) in [7, 11) is 0. The average Bonchev–Trinajstić information content (AvgIpc) is 2.54. The highest BCUT2D eigenvalue weighted by Gasteiger charge is 2.05. The van der Waals surface area contributed by atoms with Gasteiger partial charge in [-0.05, 0) is 46.3 Å². The fourth-order valence-corrected chi connectivity index (χ4v) is 2.28. The fourth-order valence-electron chi connectivity index (χ4n) is 1.89. The van der Waals surface area contributed by atoms with E-state index in [1.165, 1.54) is 6.07 Å². The van der Waals surface area contributed by atoms with Crippen molar-refractivity contribution in [3.05, 3.63) is 70.8 Å². The van der Waals surface area contributed by atoms with Gasteiger partial charge in [-0.2, -0.15) is 4.98 Å². The van der Waals surface area contributed by atoms with Crippen molar-refractivity contribution in [2.45, 2.75) is 0 Å². The van der Waals surface area contributed by atoms with Crippen LogP contribution in [0.1, 0.15) is 0 Å². The number of hydrogen-bond donors (Lipinski definition) is 2. The van der Waals surface area contributed by atoms with Crippen molar-refractivity contribution in [2.75, 3.05) is 10.6 Å². The lowest BCUT2D eigenvalue weighted by atomic mass is 10.3. The van der Waals surface area contributed by atoms with Crippen LogP contribution in [0.3, 0.4) is 0 Å². The van der Waals surface area contributed by atoms with Gasteiger partial charge < -0.3 is 10.6 Å². The summed E-state index contributed by atoms with van der Waals surface area (Å²) in [6.07, 6.45) is 1.56. The molecule has 0 saturated heterocycles. The number of benzene rings is 2. The quantitative estimate of drug-likeness (QED) is 0.672. The second-order valence-electron chi connectivity index (χ2n) is 4.62. The Morgan fingerprint density at radius 2 is 1.74 bits per heavy atom. The van der Waals surface area contributed by atoms with Crippen LogP contribution in [0.15, 0.2) is 59.2 Å². The van der Waals surface area contributed by atoms with Gasteiger partial charge in [0, 0.05) is 22.4 Å². The molecule has 0 saturated carbocycles. The molecule has 0 atom stereocenters. The standard InChI is InChI=1S/C16H11BrF2N4/c17-11-3-1-2-4-14(11)22-15-7-8-20-16(23-15)21-10-5-6-12(18)13(19)9-10/h1-9H,(H2,20,21,22,23). The summed E-state index contributed by atoms with van der Waals surface area (Å²) in [4.78, 5) is 8.35. The normalized spacial score (nSPS) is 10.4. The Balaban J connectivity index is 1.79. The zero-order valence-corrected chi connectivity index (χ0v) is 13.3. The molecule has 1 aromatic heterocycles. The van der Waals surface area contributed by atoms with Crippen LogP contribution in [0.2, 0.25) is 0 Å². The second-order valence-corrected chi connectivity index (χ2v) is 5.48. The third-order valence-electron chi connectivity index (χ3n) is 2.97. The number of nitrogens with zero attached hydrogens (tertiary/aromatic N) is 2. The van der Waals surface area contributed by atoms with Crippen molar-refractivity contribution in [2.24, 2.45) is 0 Å². The minimum absolute atomic E-state index is 0.271. The topological polar surface area (TPSA) is 49.8 Å². The first-order chi connectivity index (χ1) is 11.1. The number of aromatic nitrogens is 2. The largest absolute Gasteiger partial charge is 0.339 e. The molecule has 0 radical (unpaired) electrons. The van der Waals surface area contributed by atoms with Crippen molar-refractivity contribution < 1.29 is 8.78 Å². The van der Waals surface area contributed by atoms with Crippen LogP contribution in [0.25, 0.3) is 0 Å². The Kier molecular flexibility index (Phi) is 4.47. The lowest BCUT2D eigenvalue weighted by molar-refractivity contribution is 0.509. The molecule has 0 bridgehead atoms. The van der Waals surface area contributed by atoms with Crippen LogP contribution in [-0.4, -0.2) is 9.97 Å². The van der Waals surface area contributed by atoms with Crippen LogP contribution in [0.5, 0.6) is 0 Å². The van der Waals surface area contributed by atoms with E-state index in [9.17, 15) is 8.78 Å². The molecule has 23 heavy (non-hydrogen) atoms. The highest BCUT2D eigenvalue weighted by Crippen LogP contribution is 2.25. The molecular formula is C16H11BrF2N4. The van der Waals surface area contributed by atoms with Crippen LogP contribution in [0, 0.1) is 11.6 Å². The number of rotatable bonds is 4. The van der Waals surface area contributed by atoms with Gasteiger partial charge in [-0.1, -0.05) is 12.1 Å². The SMILES string of the molecule is Fc1ccc(Nc2nccc(Nc3ccccc3Br)n2)cc1F. The van der Waals surface area contributed by atoms with Crippen LogP contribution in [0.4, 0.5) is 31.9 Å². The Morgan fingerprint density at radius 1 is 0.913 bits per heavy atom. The summed E-state index contributed by atoms with van der Waals surface area (Å²) in [5.74, 6) is -0.997. The van der Waals surface area contributed by atoms with E-state index in [1.807, 2.05) is 24.3 Å². The molecule has 0 unspecified atom stereocenters. The van der Waals surface area contributed by atoms with Crippen LogP contribution in [-0.2, 0) is 0 Å². The van der Waals surface area contributed by atoms with Crippen molar-refractivity contribution in [1.29, 1.82) is 0 Å². The van der Waals surface area contributed by atoms with E-state index in [0.29, 0.717) is 11.5 Å². The Morgan fingerprint density at radius 3 is 2.52 bits per heavy atom. The molecule has 0 spiro atoms. The molecule has 3 rings (SSSR count). The van der Waals surface area contributed by atoms with E-state index in [4.69, 9.17) is 0 Å². The van der Waals surface area contributed by atoms with Crippen LogP contribution < -0.4 is 10.6 Å². The summed E-state index contributed by atoms with van der Waals surface area (Å²) in [5, 5.41) is 5.98. The zero-order valence-electron chi connectivity index (χ0n) is 11.7. The summed E-state index contributed by atoms with van der Waals surface area (Å²) in [6, 6.07) is 12.8. The van der Waals surface area contributed by atoms with E-state index in [0.717, 1.165) is 22.3 Å². The molecule has 4 nitrogen and oxygen atoms in total. The maximum absolute atomic E-state index is 13.2. The molecule has 0 aliphatic carbocycles. The molecule has 3 aromatic rings. The molecule has 0 amide bonds. The highest BCUT2D eigenvalue weighted by atomic mass is 79.9. The van der Waals surface area contributed by atoms with E-state index < -0.39 is 11.6 Å². The van der Waals surface area contributed by atoms with Crippen molar-refractivity contribution in [1.82, 2.24) is 9.97 Å². The predicted octanol–water partition coefficient (Wildman–Crippen LogP) is 5.00. The molecule has 0 fully saturated rings. The maximum atomic E-state index is 13.2. The Bertz CT molecular complexity index is 842. The summed E-state index contributed by atoms with van der Waals surface area (Å²) < 4.78 is 27.1. The predicted molar refractivity (Wildman–Crippen MR) is 89.1 cm³/mol. The smallest absolute Gasteiger partial charge is 0.229 e. The zero-order chi connectivity index (χ0) is 16.2. The van der Waals surface area contributed by atoms with Gasteiger partial charge in [-0.3, -0.25) is 0 Å². The first-order valence-electron chi connectivity index (χ1n) is 6.68. The van der Waals surface area contributed by atoms with Gasteiger partial charge in [0.2, 0.25) is 5.95 Å². The molecule has 116 valence electrons. The van der Waals surface area contributed by atoms with E-state index in [2.05, 4.69) is 36.5 Å². The van der Waals surface area contributed by atoms with E-state index in [-0.39, 0.29) is 5.95 Å². The summed E-state index contributed by atoms with van der Waals surface area (Å²) in [6.45, 7) is 0. The summed E-state index contributed by atoms with van der Waals surface area (Å²) >= 11 is 3.44. The Hall–Kier alpha value is -2.54. The number of halogens is 3. The minimum Gasteiger partial charge on any atom is -0.339 e. The molecular weight excluding hydrogens is 366 g/mol. The molecule has 0 aliphatic rings. The molecule has 2 aromatic carbocycles. The monoisotopic (exact) mass is 376 g/mol. The molecule has 2 N–H and O–H groups in total. The summed E-state index contributed by atoms with van der Waals surface area (Å²) in [5.41, 5.74) is 1.21. The number of hydrogen-bond acceptors (Lipinski definition) is 4. The lowest BCUT2D eigenvalue weighted by Crippen LogP contribution is -2.01. The van der Waals surface area contributed by atoms with Crippen molar-refractivity contribution >= 4 is 39.1 Å². The van der Waals surface area contributed by atoms with Gasteiger partial charge in [0.1, 0.15) is 5.82 Å². The second kappa shape index (κ2) is 6.70. The first-order valence-corrected chi connectivity index (χ1v) is 7.48. The highest BCUT2D eigenvalue weighted by molar-refractivity contribution is 9.10. The van der Waals surface area contributed by atoms with Crippen molar-refractivity contribution in [3.63, 3.8) is 0 Å². The van der Waals surface area contributed by atoms with Crippen LogP contribution >= 0.6 is 15.9 Å². The third kappa shape index (κ3) is 3.81.